The number of rotatable bonds is 2. The number of amides is 1. The van der Waals surface area contributed by atoms with Gasteiger partial charge in [-0.3, -0.25) is 9.63 Å². The van der Waals surface area contributed by atoms with Crippen LogP contribution >= 0.6 is 22.6 Å². The van der Waals surface area contributed by atoms with Gasteiger partial charge in [0.1, 0.15) is 5.75 Å². The summed E-state index contributed by atoms with van der Waals surface area (Å²) in [7, 11) is 0. The molecule has 0 spiro atoms. The van der Waals surface area contributed by atoms with Crippen molar-refractivity contribution in [2.45, 2.75) is 26.4 Å². The highest BCUT2D eigenvalue weighted by Gasteiger charge is 2.16. The van der Waals surface area contributed by atoms with E-state index in [0.29, 0.717) is 0 Å². The highest BCUT2D eigenvalue weighted by Crippen LogP contribution is 2.19. The van der Waals surface area contributed by atoms with E-state index >= 15 is 0 Å². The Bertz CT molecular complexity index is 399. The van der Waals surface area contributed by atoms with Gasteiger partial charge < -0.3 is 5.11 Å². The van der Waals surface area contributed by atoms with Crippen molar-refractivity contribution in [2.24, 2.45) is 0 Å². The van der Waals surface area contributed by atoms with Gasteiger partial charge in [0.25, 0.3) is 5.91 Å². The smallest absolute Gasteiger partial charge is 0.278 e. The maximum absolute atomic E-state index is 11.7. The second-order valence-corrected chi connectivity index (χ2v) is 5.55. The fourth-order valence-corrected chi connectivity index (χ4v) is 1.44. The number of carbonyl (C=O) groups excluding carboxylic acids is 1. The molecule has 0 aromatic heterocycles. The number of carbonyl (C=O) groups is 1. The standard InChI is InChI=1S/C11H14INO3/c1-11(2,3)16-13-10(15)8-6-7(12)4-5-9(8)14/h4-6,14H,1-3H3,(H,13,15). The summed E-state index contributed by atoms with van der Waals surface area (Å²) in [5, 5.41) is 9.52. The van der Waals surface area contributed by atoms with Crippen molar-refractivity contribution in [2.75, 3.05) is 0 Å². The van der Waals surface area contributed by atoms with Crippen LogP contribution in [0.4, 0.5) is 0 Å². The molecule has 0 heterocycles. The zero-order valence-electron chi connectivity index (χ0n) is 9.37. The zero-order chi connectivity index (χ0) is 12.3. The third-order valence-electron chi connectivity index (χ3n) is 1.65. The molecule has 5 heteroatoms. The Balaban J connectivity index is 2.77. The highest BCUT2D eigenvalue weighted by molar-refractivity contribution is 14.1. The van der Waals surface area contributed by atoms with Crippen LogP contribution in [-0.4, -0.2) is 16.6 Å². The van der Waals surface area contributed by atoms with Crippen molar-refractivity contribution in [3.05, 3.63) is 27.3 Å². The summed E-state index contributed by atoms with van der Waals surface area (Å²) in [6, 6.07) is 4.79. The van der Waals surface area contributed by atoms with Gasteiger partial charge in [0.2, 0.25) is 0 Å². The minimum Gasteiger partial charge on any atom is -0.507 e. The first-order chi connectivity index (χ1) is 7.29. The fourth-order valence-electron chi connectivity index (χ4n) is 0.945. The fraction of sp³-hybridized carbons (Fsp3) is 0.364. The van der Waals surface area contributed by atoms with E-state index in [-0.39, 0.29) is 11.3 Å². The van der Waals surface area contributed by atoms with Crippen molar-refractivity contribution >= 4 is 28.5 Å². The minimum atomic E-state index is -0.465. The maximum atomic E-state index is 11.7. The number of nitrogens with one attached hydrogen (secondary N) is 1. The number of hydroxylamine groups is 1. The van der Waals surface area contributed by atoms with Gasteiger partial charge in [-0.15, -0.1) is 0 Å². The number of hydrogen-bond acceptors (Lipinski definition) is 3. The molecule has 1 rings (SSSR count). The largest absolute Gasteiger partial charge is 0.507 e. The lowest BCUT2D eigenvalue weighted by Gasteiger charge is -2.19. The van der Waals surface area contributed by atoms with E-state index in [1.54, 1.807) is 12.1 Å². The van der Waals surface area contributed by atoms with Crippen LogP contribution in [0.2, 0.25) is 0 Å². The van der Waals surface area contributed by atoms with Gasteiger partial charge in [0.05, 0.1) is 11.2 Å². The predicted molar refractivity (Wildman–Crippen MR) is 69.1 cm³/mol. The lowest BCUT2D eigenvalue weighted by atomic mass is 10.2. The third kappa shape index (κ3) is 3.97. The van der Waals surface area contributed by atoms with Crippen LogP contribution in [0.1, 0.15) is 31.1 Å². The van der Waals surface area contributed by atoms with E-state index in [9.17, 15) is 9.90 Å². The molecule has 4 nitrogen and oxygen atoms in total. The van der Waals surface area contributed by atoms with Gasteiger partial charge in [-0.25, -0.2) is 5.48 Å². The second-order valence-electron chi connectivity index (χ2n) is 4.31. The Morgan fingerprint density at radius 1 is 1.44 bits per heavy atom. The minimum absolute atomic E-state index is 0.0598. The first kappa shape index (κ1) is 13.2. The molecule has 1 amide bonds. The summed E-state index contributed by atoms with van der Waals surface area (Å²) in [5.41, 5.74) is 2.04. The normalized spacial score (nSPS) is 11.2. The second kappa shape index (κ2) is 5.01. The van der Waals surface area contributed by atoms with Crippen molar-refractivity contribution in [1.29, 1.82) is 0 Å². The van der Waals surface area contributed by atoms with Gasteiger partial charge >= 0.3 is 0 Å². The molecule has 0 aliphatic heterocycles. The Morgan fingerprint density at radius 3 is 2.62 bits per heavy atom. The van der Waals surface area contributed by atoms with E-state index in [1.807, 2.05) is 20.8 Å². The van der Waals surface area contributed by atoms with E-state index in [4.69, 9.17) is 4.84 Å². The number of aromatic hydroxyl groups is 1. The van der Waals surface area contributed by atoms with Gasteiger partial charge in [0, 0.05) is 3.57 Å². The molecule has 16 heavy (non-hydrogen) atoms. The number of halogens is 1. The van der Waals surface area contributed by atoms with E-state index in [1.165, 1.54) is 6.07 Å². The average molecular weight is 335 g/mol. The number of phenols is 1. The summed E-state index contributed by atoms with van der Waals surface area (Å²) in [4.78, 5) is 16.8. The van der Waals surface area contributed by atoms with Crippen molar-refractivity contribution in [1.82, 2.24) is 5.48 Å². The molecular formula is C11H14INO3. The molecule has 2 N–H and O–H groups in total. The molecule has 88 valence electrons. The summed E-state index contributed by atoms with van der Waals surface area (Å²) >= 11 is 2.07. The van der Waals surface area contributed by atoms with Gasteiger partial charge in [-0.1, -0.05) is 0 Å². The molecule has 1 aromatic rings. The van der Waals surface area contributed by atoms with Crippen LogP contribution in [0, 0.1) is 3.57 Å². The maximum Gasteiger partial charge on any atom is 0.278 e. The number of benzene rings is 1. The topological polar surface area (TPSA) is 58.6 Å². The monoisotopic (exact) mass is 335 g/mol. The summed E-state index contributed by atoms with van der Waals surface area (Å²) in [5.74, 6) is -0.513. The molecule has 0 fully saturated rings. The Morgan fingerprint density at radius 2 is 2.06 bits per heavy atom. The highest BCUT2D eigenvalue weighted by atomic mass is 127. The molecular weight excluding hydrogens is 321 g/mol. The van der Waals surface area contributed by atoms with E-state index in [2.05, 4.69) is 28.1 Å². The molecule has 0 radical (unpaired) electrons. The predicted octanol–water partition coefficient (Wildman–Crippen LogP) is 2.46. The van der Waals surface area contributed by atoms with Crippen molar-refractivity contribution in [3.63, 3.8) is 0 Å². The molecule has 0 saturated carbocycles. The molecule has 0 aliphatic carbocycles. The SMILES string of the molecule is CC(C)(C)ONC(=O)c1cc(I)ccc1O. The van der Waals surface area contributed by atoms with Gasteiger partial charge in [0.15, 0.2) is 0 Å². The Labute approximate surface area is 108 Å². The van der Waals surface area contributed by atoms with Crippen molar-refractivity contribution in [3.8, 4) is 5.75 Å². The van der Waals surface area contributed by atoms with Crippen LogP contribution in [0.3, 0.4) is 0 Å². The molecule has 1 aromatic carbocycles. The molecule has 0 bridgehead atoms. The number of hydrogen-bond donors (Lipinski definition) is 2. The van der Waals surface area contributed by atoms with Crippen LogP contribution in [-0.2, 0) is 4.84 Å². The van der Waals surface area contributed by atoms with E-state index < -0.39 is 11.5 Å². The van der Waals surface area contributed by atoms with Crippen LogP contribution in [0.5, 0.6) is 5.75 Å². The van der Waals surface area contributed by atoms with Crippen LogP contribution < -0.4 is 5.48 Å². The summed E-state index contributed by atoms with van der Waals surface area (Å²) in [6.07, 6.45) is 0. The Hall–Kier alpha value is -0.820. The van der Waals surface area contributed by atoms with Crippen LogP contribution in [0.15, 0.2) is 18.2 Å². The quantitative estimate of drug-likeness (QED) is 0.645. The zero-order valence-corrected chi connectivity index (χ0v) is 11.5. The molecule has 0 saturated heterocycles. The first-order valence-corrected chi connectivity index (χ1v) is 5.84. The van der Waals surface area contributed by atoms with E-state index in [0.717, 1.165) is 3.57 Å². The first-order valence-electron chi connectivity index (χ1n) is 4.76. The summed E-state index contributed by atoms with van der Waals surface area (Å²) in [6.45, 7) is 5.46. The average Bonchev–Trinajstić information content (AvgIpc) is 2.17. The van der Waals surface area contributed by atoms with Crippen molar-refractivity contribution < 1.29 is 14.7 Å². The number of phenolic OH excluding ortho intramolecular Hbond substituents is 1. The van der Waals surface area contributed by atoms with Gasteiger partial charge in [-0.05, 0) is 61.6 Å². The third-order valence-corrected chi connectivity index (χ3v) is 2.32. The van der Waals surface area contributed by atoms with Gasteiger partial charge in [-0.2, -0.15) is 0 Å². The molecule has 0 unspecified atom stereocenters. The lowest BCUT2D eigenvalue weighted by Crippen LogP contribution is -2.33. The van der Waals surface area contributed by atoms with Crippen LogP contribution in [0.25, 0.3) is 0 Å². The molecule has 0 aliphatic rings. The lowest BCUT2D eigenvalue weighted by molar-refractivity contribution is -0.0590. The molecule has 0 atom stereocenters. The Kier molecular flexibility index (Phi) is 4.15. The summed E-state index contributed by atoms with van der Waals surface area (Å²) < 4.78 is 0.872.